The number of aryl methyl sites for hydroxylation is 1. The highest BCUT2D eigenvalue weighted by Crippen LogP contribution is 2.27. The second-order valence-corrected chi connectivity index (χ2v) is 6.43. The van der Waals surface area contributed by atoms with Crippen LogP contribution in [-0.2, 0) is 12.3 Å². The first-order chi connectivity index (χ1) is 10.7. The van der Waals surface area contributed by atoms with E-state index in [-0.39, 0.29) is 12.4 Å². The van der Waals surface area contributed by atoms with Crippen LogP contribution in [0.4, 0.5) is 0 Å². The molecule has 3 aromatic heterocycles. The minimum absolute atomic E-state index is 0. The van der Waals surface area contributed by atoms with Gasteiger partial charge in [0.15, 0.2) is 15.9 Å². The minimum Gasteiger partial charge on any atom is -0.467 e. The van der Waals surface area contributed by atoms with Gasteiger partial charge in [-0.25, -0.2) is 4.98 Å². The van der Waals surface area contributed by atoms with Gasteiger partial charge in [-0.05, 0) is 31.2 Å². The zero-order valence-electron chi connectivity index (χ0n) is 12.4. The highest BCUT2D eigenvalue weighted by atomic mass is 35.5. The molecule has 23 heavy (non-hydrogen) atoms. The van der Waals surface area contributed by atoms with Crippen molar-refractivity contribution in [1.82, 2.24) is 4.98 Å². The average Bonchev–Trinajstić information content (AvgIpc) is 3.24. The Bertz CT molecular complexity index is 765. The average molecular weight is 370 g/mol. The van der Waals surface area contributed by atoms with Crippen molar-refractivity contribution in [3.05, 3.63) is 53.1 Å². The monoisotopic (exact) mass is 369 g/mol. The molecule has 3 rings (SSSR count). The first kappa shape index (κ1) is 17.7. The molecule has 0 spiro atoms. The van der Waals surface area contributed by atoms with Gasteiger partial charge in [0, 0.05) is 11.1 Å². The molecule has 0 unspecified atom stereocenters. The van der Waals surface area contributed by atoms with E-state index in [1.807, 2.05) is 36.6 Å². The molecule has 122 valence electrons. The Morgan fingerprint density at radius 3 is 2.96 bits per heavy atom. The van der Waals surface area contributed by atoms with Crippen molar-refractivity contribution in [3.8, 4) is 10.8 Å². The SMILES string of the molecule is Cc1ccc(-c2nc(CSC(N)=NCc3ccco3)cs2)o1.Cl. The molecule has 0 atom stereocenters. The summed E-state index contributed by atoms with van der Waals surface area (Å²) in [5.41, 5.74) is 6.86. The van der Waals surface area contributed by atoms with Crippen molar-refractivity contribution in [2.45, 2.75) is 19.2 Å². The van der Waals surface area contributed by atoms with Gasteiger partial charge in [-0.3, -0.25) is 4.99 Å². The van der Waals surface area contributed by atoms with Crippen LogP contribution in [0.1, 0.15) is 17.2 Å². The number of amidine groups is 1. The lowest BCUT2D eigenvalue weighted by atomic mass is 10.4. The first-order valence-electron chi connectivity index (χ1n) is 6.67. The maximum absolute atomic E-state index is 5.89. The number of furan rings is 2. The van der Waals surface area contributed by atoms with E-state index in [0.717, 1.165) is 28.0 Å². The number of aromatic nitrogens is 1. The molecule has 0 aliphatic heterocycles. The van der Waals surface area contributed by atoms with Crippen LogP contribution < -0.4 is 5.73 Å². The molecule has 0 radical (unpaired) electrons. The summed E-state index contributed by atoms with van der Waals surface area (Å²) in [5, 5.41) is 3.43. The number of thiazole rings is 1. The van der Waals surface area contributed by atoms with Crippen molar-refractivity contribution >= 4 is 40.7 Å². The molecule has 0 aliphatic carbocycles. The van der Waals surface area contributed by atoms with E-state index >= 15 is 0 Å². The van der Waals surface area contributed by atoms with Gasteiger partial charge in [0.2, 0.25) is 0 Å². The van der Waals surface area contributed by atoms with Gasteiger partial charge >= 0.3 is 0 Å². The van der Waals surface area contributed by atoms with Gasteiger partial charge in [-0.2, -0.15) is 0 Å². The second-order valence-electron chi connectivity index (χ2n) is 4.58. The van der Waals surface area contributed by atoms with Crippen LogP contribution in [0.5, 0.6) is 0 Å². The topological polar surface area (TPSA) is 77.5 Å². The number of thioether (sulfide) groups is 1. The molecule has 0 aromatic carbocycles. The largest absolute Gasteiger partial charge is 0.467 e. The predicted octanol–water partition coefficient (Wildman–Crippen LogP) is 4.47. The summed E-state index contributed by atoms with van der Waals surface area (Å²) in [6.07, 6.45) is 1.63. The van der Waals surface area contributed by atoms with E-state index in [9.17, 15) is 0 Å². The van der Waals surface area contributed by atoms with Gasteiger partial charge in [0.05, 0.1) is 18.5 Å². The number of aliphatic imine (C=N–C) groups is 1. The zero-order valence-corrected chi connectivity index (χ0v) is 14.8. The van der Waals surface area contributed by atoms with Crippen LogP contribution in [0.15, 0.2) is 49.7 Å². The summed E-state index contributed by atoms with van der Waals surface area (Å²) in [6.45, 7) is 2.38. The van der Waals surface area contributed by atoms with Crippen LogP contribution in [0.2, 0.25) is 0 Å². The van der Waals surface area contributed by atoms with E-state index < -0.39 is 0 Å². The Labute approximate surface area is 148 Å². The standard InChI is InChI=1S/C15H15N3O2S2.ClH/c1-10-4-5-13(20-10)14-18-11(8-21-14)9-22-15(16)17-7-12-3-2-6-19-12;/h2-6,8H,7,9H2,1H3,(H2,16,17);1H. The summed E-state index contributed by atoms with van der Waals surface area (Å²) in [4.78, 5) is 8.82. The highest BCUT2D eigenvalue weighted by Gasteiger charge is 2.09. The van der Waals surface area contributed by atoms with E-state index in [1.54, 1.807) is 17.6 Å². The number of nitrogens with zero attached hydrogens (tertiary/aromatic N) is 2. The number of nitrogens with two attached hydrogens (primary N) is 1. The molecule has 0 amide bonds. The Balaban J connectivity index is 0.00000192. The number of halogens is 1. The van der Waals surface area contributed by atoms with E-state index in [0.29, 0.717) is 17.5 Å². The van der Waals surface area contributed by atoms with Crippen molar-refractivity contribution in [1.29, 1.82) is 0 Å². The Morgan fingerprint density at radius 2 is 2.26 bits per heavy atom. The maximum Gasteiger partial charge on any atom is 0.162 e. The molecule has 0 saturated carbocycles. The summed E-state index contributed by atoms with van der Waals surface area (Å²) < 4.78 is 10.8. The Kier molecular flexibility index (Phi) is 6.32. The first-order valence-corrected chi connectivity index (χ1v) is 8.53. The summed E-state index contributed by atoms with van der Waals surface area (Å²) in [6, 6.07) is 7.58. The lowest BCUT2D eigenvalue weighted by Crippen LogP contribution is -2.07. The third-order valence-corrected chi connectivity index (χ3v) is 4.61. The molecule has 0 saturated heterocycles. The maximum atomic E-state index is 5.89. The molecule has 8 heteroatoms. The summed E-state index contributed by atoms with van der Waals surface area (Å²) in [5.74, 6) is 3.17. The zero-order chi connectivity index (χ0) is 15.4. The third kappa shape index (κ3) is 4.89. The van der Waals surface area contributed by atoms with Crippen LogP contribution in [-0.4, -0.2) is 10.2 Å². The van der Waals surface area contributed by atoms with Gasteiger partial charge in [-0.15, -0.1) is 23.7 Å². The van der Waals surface area contributed by atoms with Crippen molar-refractivity contribution in [2.75, 3.05) is 0 Å². The van der Waals surface area contributed by atoms with Crippen molar-refractivity contribution in [2.24, 2.45) is 10.7 Å². The van der Waals surface area contributed by atoms with Crippen LogP contribution >= 0.6 is 35.5 Å². The molecule has 0 fully saturated rings. The van der Waals surface area contributed by atoms with Crippen LogP contribution in [0.3, 0.4) is 0 Å². The highest BCUT2D eigenvalue weighted by molar-refractivity contribution is 8.13. The molecule has 3 heterocycles. The molecule has 2 N–H and O–H groups in total. The number of hydrogen-bond donors (Lipinski definition) is 1. The smallest absolute Gasteiger partial charge is 0.162 e. The fourth-order valence-electron chi connectivity index (χ4n) is 1.79. The quantitative estimate of drug-likeness (QED) is 0.530. The number of hydrogen-bond acceptors (Lipinski definition) is 6. The third-order valence-electron chi connectivity index (χ3n) is 2.84. The van der Waals surface area contributed by atoms with Crippen molar-refractivity contribution < 1.29 is 8.83 Å². The fourth-order valence-corrected chi connectivity index (χ4v) is 3.27. The lowest BCUT2D eigenvalue weighted by Gasteiger charge is -1.98. The van der Waals surface area contributed by atoms with Gasteiger partial charge in [0.25, 0.3) is 0 Å². The van der Waals surface area contributed by atoms with Crippen LogP contribution in [0, 0.1) is 6.92 Å². The van der Waals surface area contributed by atoms with E-state index in [2.05, 4.69) is 9.98 Å². The Morgan fingerprint density at radius 1 is 1.39 bits per heavy atom. The summed E-state index contributed by atoms with van der Waals surface area (Å²) in [7, 11) is 0. The summed E-state index contributed by atoms with van der Waals surface area (Å²) >= 11 is 3.03. The second kappa shape index (κ2) is 8.24. The Hall–Kier alpha value is -1.70. The molecule has 0 bridgehead atoms. The molecule has 3 aromatic rings. The predicted molar refractivity (Wildman–Crippen MR) is 97.1 cm³/mol. The molecule has 0 aliphatic rings. The number of rotatable bonds is 5. The fraction of sp³-hybridized carbons (Fsp3) is 0.200. The van der Waals surface area contributed by atoms with E-state index in [4.69, 9.17) is 14.6 Å². The minimum atomic E-state index is 0. The molecular formula is C15H16ClN3O2S2. The van der Waals surface area contributed by atoms with Crippen molar-refractivity contribution in [3.63, 3.8) is 0 Å². The van der Waals surface area contributed by atoms with Gasteiger partial charge in [-0.1, -0.05) is 11.8 Å². The van der Waals surface area contributed by atoms with Gasteiger partial charge < -0.3 is 14.6 Å². The molecular weight excluding hydrogens is 354 g/mol. The molecule has 5 nitrogen and oxygen atoms in total. The lowest BCUT2D eigenvalue weighted by molar-refractivity contribution is 0.513. The van der Waals surface area contributed by atoms with Crippen LogP contribution in [0.25, 0.3) is 10.8 Å². The van der Waals surface area contributed by atoms with E-state index in [1.165, 1.54) is 11.8 Å². The van der Waals surface area contributed by atoms with Gasteiger partial charge in [0.1, 0.15) is 11.5 Å². The normalized spacial score (nSPS) is 11.4.